The Morgan fingerprint density at radius 1 is 1.77 bits per heavy atom. The number of H-pyrrole nitrogens is 1. The van der Waals surface area contributed by atoms with Crippen molar-refractivity contribution in [2.45, 2.75) is 16.6 Å². The first-order chi connectivity index (χ1) is 6.27. The summed E-state index contributed by atoms with van der Waals surface area (Å²) in [7, 11) is 0. The van der Waals surface area contributed by atoms with E-state index in [2.05, 4.69) is 9.38 Å². The van der Waals surface area contributed by atoms with E-state index in [1.54, 1.807) is 12.3 Å². The molecule has 2 atom stereocenters. The zero-order valence-electron chi connectivity index (χ0n) is 6.64. The maximum Gasteiger partial charge on any atom is 0.188 e. The lowest BCUT2D eigenvalue weighted by Crippen LogP contribution is -1.89. The Morgan fingerprint density at radius 3 is 3.15 bits per heavy atom. The molecule has 13 heavy (non-hydrogen) atoms. The maximum absolute atomic E-state index is 10.7. The van der Waals surface area contributed by atoms with Gasteiger partial charge < -0.3 is 9.54 Å². The molecule has 0 amide bonds. The molecule has 1 aliphatic rings. The number of aromatic amines is 1. The highest BCUT2D eigenvalue weighted by Crippen LogP contribution is 2.35. The average molecular weight is 216 g/mol. The van der Waals surface area contributed by atoms with Crippen LogP contribution in [0.3, 0.4) is 0 Å². The smallest absolute Gasteiger partial charge is 0.188 e. The first kappa shape index (κ1) is 8.98. The molecule has 2 heterocycles. The quantitative estimate of drug-likeness (QED) is 0.584. The lowest BCUT2D eigenvalue weighted by Gasteiger charge is -2.01. The minimum absolute atomic E-state index is 0.275. The molecule has 6 heteroatoms. The molecule has 0 saturated carbocycles. The van der Waals surface area contributed by atoms with Crippen LogP contribution in [0, 0.1) is 0 Å². The van der Waals surface area contributed by atoms with Crippen molar-refractivity contribution in [3.63, 3.8) is 0 Å². The molecule has 2 unspecified atom stereocenters. The van der Waals surface area contributed by atoms with Crippen LogP contribution in [0.4, 0.5) is 0 Å². The van der Waals surface area contributed by atoms with Gasteiger partial charge in [0.05, 0.1) is 10.1 Å². The second kappa shape index (κ2) is 3.65. The largest absolute Gasteiger partial charge is 0.363 e. The van der Waals surface area contributed by atoms with Crippen LogP contribution in [-0.4, -0.2) is 20.0 Å². The lowest BCUT2D eigenvalue weighted by molar-refractivity contribution is 0.564. The van der Waals surface area contributed by atoms with E-state index in [-0.39, 0.29) is 5.25 Å². The number of nitrogens with one attached hydrogen (secondary N) is 1. The van der Waals surface area contributed by atoms with Gasteiger partial charge in [0.2, 0.25) is 0 Å². The van der Waals surface area contributed by atoms with Gasteiger partial charge in [0, 0.05) is 24.5 Å². The van der Waals surface area contributed by atoms with Crippen molar-refractivity contribution in [3.8, 4) is 0 Å². The molecule has 0 fully saturated rings. The standard InChI is InChI=1S/C7H8N2O2S2/c10-13(11)5-3-6(8-4-5)7-1-2-9-12-7/h2-4,7-8H,1H2,(H,10,11). The molecule has 2 N–H and O–H groups in total. The van der Waals surface area contributed by atoms with E-state index < -0.39 is 11.1 Å². The van der Waals surface area contributed by atoms with Gasteiger partial charge >= 0.3 is 0 Å². The number of hydrogen-bond donors (Lipinski definition) is 2. The Kier molecular flexibility index (Phi) is 2.52. The number of aromatic nitrogens is 1. The fourth-order valence-electron chi connectivity index (χ4n) is 1.16. The summed E-state index contributed by atoms with van der Waals surface area (Å²) in [5, 5.41) is 0.275. The second-order valence-corrected chi connectivity index (χ2v) is 4.62. The van der Waals surface area contributed by atoms with Gasteiger partial charge in [-0.3, -0.25) is 0 Å². The van der Waals surface area contributed by atoms with Crippen molar-refractivity contribution in [3.05, 3.63) is 18.0 Å². The monoisotopic (exact) mass is 216 g/mol. The Labute approximate surface area is 82.3 Å². The molecule has 1 aromatic heterocycles. The van der Waals surface area contributed by atoms with Gasteiger partial charge in [0.15, 0.2) is 11.1 Å². The van der Waals surface area contributed by atoms with Crippen molar-refractivity contribution >= 4 is 29.2 Å². The topological polar surface area (TPSA) is 65.4 Å². The highest BCUT2D eigenvalue weighted by atomic mass is 32.2. The van der Waals surface area contributed by atoms with E-state index >= 15 is 0 Å². The molecular weight excluding hydrogens is 208 g/mol. The molecular formula is C7H8N2O2S2. The average Bonchev–Trinajstić information content (AvgIpc) is 2.75. The Bertz CT molecular complexity index is 353. The van der Waals surface area contributed by atoms with E-state index in [4.69, 9.17) is 4.55 Å². The zero-order chi connectivity index (χ0) is 9.26. The molecule has 0 spiro atoms. The van der Waals surface area contributed by atoms with Crippen LogP contribution < -0.4 is 0 Å². The van der Waals surface area contributed by atoms with Gasteiger partial charge in [0.25, 0.3) is 0 Å². The first-order valence-electron chi connectivity index (χ1n) is 3.74. The van der Waals surface area contributed by atoms with Crippen LogP contribution in [0.1, 0.15) is 17.4 Å². The lowest BCUT2D eigenvalue weighted by atomic mass is 10.2. The highest BCUT2D eigenvalue weighted by Gasteiger charge is 2.17. The van der Waals surface area contributed by atoms with Crippen LogP contribution in [0.25, 0.3) is 0 Å². The van der Waals surface area contributed by atoms with Gasteiger partial charge in [-0.15, -0.1) is 0 Å². The molecule has 0 saturated heterocycles. The molecule has 70 valence electrons. The van der Waals surface area contributed by atoms with Crippen LogP contribution in [0.2, 0.25) is 0 Å². The fraction of sp³-hybridized carbons (Fsp3) is 0.286. The summed E-state index contributed by atoms with van der Waals surface area (Å²) in [6.07, 6.45) is 4.29. The number of rotatable bonds is 2. The molecule has 0 aliphatic carbocycles. The van der Waals surface area contributed by atoms with Crippen LogP contribution in [-0.2, 0) is 11.1 Å². The third-order valence-corrected chi connectivity index (χ3v) is 3.42. The first-order valence-corrected chi connectivity index (χ1v) is 5.68. The molecule has 1 aromatic rings. The maximum atomic E-state index is 10.7. The predicted octanol–water partition coefficient (Wildman–Crippen LogP) is 1.76. The second-order valence-electron chi connectivity index (χ2n) is 2.66. The molecule has 0 radical (unpaired) electrons. The Morgan fingerprint density at radius 2 is 2.62 bits per heavy atom. The van der Waals surface area contributed by atoms with E-state index in [1.165, 1.54) is 11.9 Å². The molecule has 1 aliphatic heterocycles. The Balaban J connectivity index is 2.17. The van der Waals surface area contributed by atoms with Gasteiger partial charge in [-0.05, 0) is 18.0 Å². The SMILES string of the molecule is O=S(O)c1c[nH]c(C2CC=NS2)c1. The van der Waals surface area contributed by atoms with Crippen molar-refractivity contribution < 1.29 is 8.76 Å². The van der Waals surface area contributed by atoms with E-state index in [9.17, 15) is 4.21 Å². The Hall–Kier alpha value is -0.590. The molecule has 2 rings (SSSR count). The van der Waals surface area contributed by atoms with Gasteiger partial charge in [-0.1, -0.05) is 0 Å². The van der Waals surface area contributed by atoms with Crippen LogP contribution >= 0.6 is 11.9 Å². The van der Waals surface area contributed by atoms with Gasteiger partial charge in [-0.25, -0.2) is 8.61 Å². The summed E-state index contributed by atoms with van der Waals surface area (Å²) >= 11 is -0.411. The van der Waals surface area contributed by atoms with Crippen molar-refractivity contribution in [1.82, 2.24) is 4.98 Å². The summed E-state index contributed by atoms with van der Waals surface area (Å²) in [6.45, 7) is 0. The summed E-state index contributed by atoms with van der Waals surface area (Å²) in [5.74, 6) is 0. The summed E-state index contributed by atoms with van der Waals surface area (Å²) in [5.41, 5.74) is 0.958. The minimum atomic E-state index is -1.89. The van der Waals surface area contributed by atoms with Crippen molar-refractivity contribution in [2.24, 2.45) is 4.40 Å². The van der Waals surface area contributed by atoms with E-state index in [0.29, 0.717) is 4.90 Å². The van der Waals surface area contributed by atoms with E-state index in [1.807, 2.05) is 6.21 Å². The number of hydrogen-bond acceptors (Lipinski definition) is 3. The van der Waals surface area contributed by atoms with E-state index in [0.717, 1.165) is 12.1 Å². The predicted molar refractivity (Wildman–Crippen MR) is 53.3 cm³/mol. The fourth-order valence-corrected chi connectivity index (χ4v) is 2.29. The molecule has 0 bridgehead atoms. The highest BCUT2D eigenvalue weighted by molar-refractivity contribution is 7.98. The zero-order valence-corrected chi connectivity index (χ0v) is 8.27. The third-order valence-electron chi connectivity index (χ3n) is 1.81. The minimum Gasteiger partial charge on any atom is -0.363 e. The summed E-state index contributed by atoms with van der Waals surface area (Å²) < 4.78 is 23.5. The van der Waals surface area contributed by atoms with Crippen LogP contribution in [0.15, 0.2) is 21.6 Å². The summed E-state index contributed by atoms with van der Waals surface area (Å²) in [4.78, 5) is 3.39. The number of nitrogens with zero attached hydrogens (tertiary/aromatic N) is 1. The van der Waals surface area contributed by atoms with Gasteiger partial charge in [0.1, 0.15) is 0 Å². The normalized spacial score (nSPS) is 23.6. The van der Waals surface area contributed by atoms with Crippen molar-refractivity contribution in [1.29, 1.82) is 0 Å². The molecule has 4 nitrogen and oxygen atoms in total. The molecule has 0 aromatic carbocycles. The third kappa shape index (κ3) is 1.84. The van der Waals surface area contributed by atoms with Crippen LogP contribution in [0.5, 0.6) is 0 Å². The summed E-state index contributed by atoms with van der Waals surface area (Å²) in [6, 6.07) is 1.71. The van der Waals surface area contributed by atoms with Gasteiger partial charge in [-0.2, -0.15) is 0 Å². The van der Waals surface area contributed by atoms with Crippen molar-refractivity contribution in [2.75, 3.05) is 0 Å².